The predicted octanol–water partition coefficient (Wildman–Crippen LogP) is -0.195. The molecular formula is C18H23N2O3+. The van der Waals surface area contributed by atoms with Gasteiger partial charge in [-0.2, -0.15) is 0 Å². The van der Waals surface area contributed by atoms with Gasteiger partial charge in [-0.05, 0) is 26.3 Å². The molecule has 2 bridgehead atoms. The minimum atomic E-state index is -0.859. The Morgan fingerprint density at radius 2 is 2.26 bits per heavy atom. The number of quaternary nitrogens is 1. The van der Waals surface area contributed by atoms with Crippen molar-refractivity contribution < 1.29 is 14.4 Å². The Kier molecular flexibility index (Phi) is 4.03. The molecule has 3 rings (SSSR count). The highest BCUT2D eigenvalue weighted by Gasteiger charge is 2.38. The van der Waals surface area contributed by atoms with Gasteiger partial charge < -0.3 is 14.2 Å². The highest BCUT2D eigenvalue weighted by atomic mass is 16.6. The average molecular weight is 315 g/mol. The molecule has 1 saturated heterocycles. The van der Waals surface area contributed by atoms with Gasteiger partial charge in [0.05, 0.1) is 13.1 Å². The quantitative estimate of drug-likeness (QED) is 0.621. The molecule has 2 aliphatic rings. The Bertz CT molecular complexity index is 714. The van der Waals surface area contributed by atoms with Gasteiger partial charge in [0.25, 0.3) is 5.56 Å². The van der Waals surface area contributed by atoms with E-state index in [0.717, 1.165) is 31.7 Å². The van der Waals surface area contributed by atoms with Gasteiger partial charge in [-0.25, -0.2) is 4.79 Å². The number of carbonyl (C=O) groups excluding carboxylic acids is 1. The molecule has 1 aromatic rings. The number of ether oxygens (including phenoxy) is 1. The van der Waals surface area contributed by atoms with Crippen molar-refractivity contribution in [1.29, 1.82) is 0 Å². The van der Waals surface area contributed by atoms with Gasteiger partial charge in [0.1, 0.15) is 0 Å². The number of hydrogen-bond acceptors (Lipinski definition) is 3. The lowest BCUT2D eigenvalue weighted by molar-refractivity contribution is -0.903. The number of terminal acetylenes is 1. The van der Waals surface area contributed by atoms with Crippen molar-refractivity contribution in [2.45, 2.75) is 38.3 Å². The second-order valence-corrected chi connectivity index (χ2v) is 7.16. The Hall–Kier alpha value is -2.06. The van der Waals surface area contributed by atoms with Crippen molar-refractivity contribution in [3.63, 3.8) is 0 Å². The lowest BCUT2D eigenvalue weighted by atomic mass is 9.83. The number of pyridine rings is 1. The number of nitrogens with zero attached hydrogens (tertiary/aromatic N) is 1. The first-order chi connectivity index (χ1) is 10.9. The van der Waals surface area contributed by atoms with Crippen LogP contribution in [0.1, 0.15) is 31.9 Å². The summed E-state index contributed by atoms with van der Waals surface area (Å²) in [6.45, 7) is 6.26. The molecule has 122 valence electrons. The third kappa shape index (κ3) is 3.32. The summed E-state index contributed by atoms with van der Waals surface area (Å²) >= 11 is 0. The molecular weight excluding hydrogens is 292 g/mol. The molecule has 1 aromatic heterocycles. The molecule has 0 radical (unpaired) electrons. The summed E-state index contributed by atoms with van der Waals surface area (Å²) in [5.74, 6) is 2.99. The molecule has 2 aliphatic heterocycles. The summed E-state index contributed by atoms with van der Waals surface area (Å²) in [6.07, 6.45) is 6.46. The minimum Gasteiger partial charge on any atom is -0.442 e. The normalized spacial score (nSPS) is 26.0. The van der Waals surface area contributed by atoms with Crippen LogP contribution < -0.4 is 10.5 Å². The van der Waals surface area contributed by atoms with E-state index >= 15 is 0 Å². The fraction of sp³-hybridized carbons (Fsp3) is 0.556. The van der Waals surface area contributed by atoms with E-state index in [2.05, 4.69) is 5.92 Å². The molecule has 3 atom stereocenters. The third-order valence-electron chi connectivity index (χ3n) is 4.78. The lowest BCUT2D eigenvalue weighted by Gasteiger charge is -2.40. The van der Waals surface area contributed by atoms with E-state index in [1.165, 1.54) is 4.90 Å². The van der Waals surface area contributed by atoms with Gasteiger partial charge >= 0.3 is 5.97 Å². The van der Waals surface area contributed by atoms with E-state index in [4.69, 9.17) is 11.2 Å². The zero-order valence-corrected chi connectivity index (χ0v) is 13.7. The van der Waals surface area contributed by atoms with Gasteiger partial charge in [-0.1, -0.05) is 12.0 Å². The van der Waals surface area contributed by atoms with Gasteiger partial charge in [-0.15, -0.1) is 6.42 Å². The van der Waals surface area contributed by atoms with E-state index in [1.807, 2.05) is 16.7 Å². The first-order valence-electron chi connectivity index (χ1n) is 8.11. The zero-order chi connectivity index (χ0) is 16.6. The maximum Gasteiger partial charge on any atom is 0.363 e. The Morgan fingerprint density at radius 3 is 3.00 bits per heavy atom. The molecule has 5 heteroatoms. The molecule has 0 amide bonds. The summed E-state index contributed by atoms with van der Waals surface area (Å²) in [5, 5.41) is 0. The number of carbonyl (C=O) groups is 1. The van der Waals surface area contributed by atoms with Crippen LogP contribution in [0, 0.1) is 18.3 Å². The van der Waals surface area contributed by atoms with Gasteiger partial charge in [0, 0.05) is 30.1 Å². The standard InChI is InChI=1S/C18H22N2O3/c1-4-18(2,3)23-17(22)12-19-9-13-8-14(11-19)15-6-5-7-16(21)20(15)10-13/h1,5-7,13-14H,8-12H2,2-3H3/p+1/t13-,14+/m1/s1. The zero-order valence-electron chi connectivity index (χ0n) is 13.7. The summed E-state index contributed by atoms with van der Waals surface area (Å²) in [6, 6.07) is 5.48. The van der Waals surface area contributed by atoms with Crippen molar-refractivity contribution in [2.24, 2.45) is 5.92 Å². The lowest BCUT2D eigenvalue weighted by Crippen LogP contribution is -3.15. The molecule has 5 nitrogen and oxygen atoms in total. The van der Waals surface area contributed by atoms with Crippen LogP contribution in [0.3, 0.4) is 0 Å². The number of rotatable bonds is 3. The van der Waals surface area contributed by atoms with Crippen LogP contribution in [-0.2, 0) is 16.1 Å². The first-order valence-corrected chi connectivity index (χ1v) is 8.11. The minimum absolute atomic E-state index is 0.0795. The van der Waals surface area contributed by atoms with E-state index in [1.54, 1.807) is 19.9 Å². The molecule has 0 aromatic carbocycles. The number of likely N-dealkylation sites (tertiary alicyclic amines) is 1. The Morgan fingerprint density at radius 1 is 1.48 bits per heavy atom. The average Bonchev–Trinajstić information content (AvgIpc) is 2.47. The maximum absolute atomic E-state index is 12.1. The summed E-state index contributed by atoms with van der Waals surface area (Å²) in [7, 11) is 0. The van der Waals surface area contributed by atoms with Crippen molar-refractivity contribution in [3.8, 4) is 12.3 Å². The highest BCUT2D eigenvalue weighted by molar-refractivity contribution is 5.71. The molecule has 3 heterocycles. The molecule has 1 fully saturated rings. The fourth-order valence-corrected chi connectivity index (χ4v) is 3.82. The summed E-state index contributed by atoms with van der Waals surface area (Å²) in [5.41, 5.74) is 0.321. The van der Waals surface area contributed by atoms with Gasteiger partial charge in [-0.3, -0.25) is 4.79 Å². The third-order valence-corrected chi connectivity index (χ3v) is 4.78. The fourth-order valence-electron chi connectivity index (χ4n) is 3.82. The van der Waals surface area contributed by atoms with Crippen LogP contribution in [0.25, 0.3) is 0 Å². The molecule has 0 spiro atoms. The van der Waals surface area contributed by atoms with Crippen LogP contribution in [0.2, 0.25) is 0 Å². The maximum atomic E-state index is 12.1. The second-order valence-electron chi connectivity index (χ2n) is 7.16. The van der Waals surface area contributed by atoms with Crippen LogP contribution in [0.15, 0.2) is 23.0 Å². The number of hydrogen-bond donors (Lipinski definition) is 1. The van der Waals surface area contributed by atoms with Crippen molar-refractivity contribution in [3.05, 3.63) is 34.2 Å². The number of piperidine rings is 1. The van der Waals surface area contributed by atoms with Crippen molar-refractivity contribution in [1.82, 2.24) is 4.57 Å². The number of nitrogens with one attached hydrogen (secondary N) is 1. The summed E-state index contributed by atoms with van der Waals surface area (Å²) < 4.78 is 7.25. The molecule has 1 unspecified atom stereocenters. The number of esters is 1. The van der Waals surface area contributed by atoms with Crippen LogP contribution in [-0.4, -0.2) is 35.8 Å². The topological polar surface area (TPSA) is 52.7 Å². The Labute approximate surface area is 136 Å². The van der Waals surface area contributed by atoms with Gasteiger partial charge in [0.15, 0.2) is 12.1 Å². The van der Waals surface area contributed by atoms with Gasteiger partial charge in [0.2, 0.25) is 0 Å². The van der Waals surface area contributed by atoms with Crippen LogP contribution >= 0.6 is 0 Å². The predicted molar refractivity (Wildman–Crippen MR) is 86.1 cm³/mol. The SMILES string of the molecule is C#CC(C)(C)OC(=O)C[NH+]1C[C@H]2C[C@@H](C1)c1cccc(=O)n1C2. The van der Waals surface area contributed by atoms with Crippen LogP contribution in [0.4, 0.5) is 0 Å². The molecule has 23 heavy (non-hydrogen) atoms. The number of fused-ring (bicyclic) bond motifs is 4. The molecule has 0 aliphatic carbocycles. The van der Waals surface area contributed by atoms with E-state index in [-0.39, 0.29) is 11.5 Å². The van der Waals surface area contributed by atoms with E-state index in [9.17, 15) is 9.59 Å². The molecule has 1 N–H and O–H groups in total. The first kappa shape index (κ1) is 15.8. The largest absolute Gasteiger partial charge is 0.442 e. The smallest absolute Gasteiger partial charge is 0.363 e. The summed E-state index contributed by atoms with van der Waals surface area (Å²) in [4.78, 5) is 25.3. The highest BCUT2D eigenvalue weighted by Crippen LogP contribution is 2.29. The van der Waals surface area contributed by atoms with Crippen molar-refractivity contribution >= 4 is 5.97 Å². The second kappa shape index (κ2) is 5.86. The van der Waals surface area contributed by atoms with Crippen LogP contribution in [0.5, 0.6) is 0 Å². The monoisotopic (exact) mass is 315 g/mol. The van der Waals surface area contributed by atoms with E-state index < -0.39 is 5.60 Å². The van der Waals surface area contributed by atoms with Crippen molar-refractivity contribution in [2.75, 3.05) is 19.6 Å². The Balaban J connectivity index is 1.70. The number of aromatic nitrogens is 1. The molecule has 0 saturated carbocycles. The van der Waals surface area contributed by atoms with E-state index in [0.29, 0.717) is 18.4 Å².